The zero-order valence-electron chi connectivity index (χ0n) is 18.5. The van der Waals surface area contributed by atoms with Gasteiger partial charge >= 0.3 is 0 Å². The second-order valence-electron chi connectivity index (χ2n) is 8.81. The van der Waals surface area contributed by atoms with Gasteiger partial charge in [0.05, 0.1) is 6.61 Å². The number of benzene rings is 2. The summed E-state index contributed by atoms with van der Waals surface area (Å²) in [4.78, 5) is 27.7. The van der Waals surface area contributed by atoms with Gasteiger partial charge in [0.15, 0.2) is 6.79 Å². The normalized spacial score (nSPS) is 17.4. The van der Waals surface area contributed by atoms with Crippen LogP contribution in [0.2, 0.25) is 0 Å². The van der Waals surface area contributed by atoms with Crippen molar-refractivity contribution in [2.75, 3.05) is 13.3 Å². The summed E-state index contributed by atoms with van der Waals surface area (Å²) in [6.45, 7) is 5.19. The molecule has 2 aromatic rings. The van der Waals surface area contributed by atoms with Gasteiger partial charge in [-0.3, -0.25) is 9.59 Å². The molecular weight excluding hydrogens is 411 g/mol. The third-order valence-corrected chi connectivity index (χ3v) is 5.90. The fourth-order valence-electron chi connectivity index (χ4n) is 4.37. The van der Waals surface area contributed by atoms with Gasteiger partial charge in [0, 0.05) is 31.5 Å². The van der Waals surface area contributed by atoms with Gasteiger partial charge in [-0.15, -0.1) is 0 Å². The molecule has 170 valence electrons. The zero-order valence-corrected chi connectivity index (χ0v) is 18.5. The molecule has 0 aromatic heterocycles. The van der Waals surface area contributed by atoms with Crippen LogP contribution in [0.15, 0.2) is 36.4 Å². The molecule has 2 heterocycles. The van der Waals surface area contributed by atoms with E-state index in [4.69, 9.17) is 9.47 Å². The highest BCUT2D eigenvalue weighted by atomic mass is 19.1. The van der Waals surface area contributed by atoms with Crippen LogP contribution in [0.4, 0.5) is 4.39 Å². The number of hydrogen-bond donors (Lipinski definition) is 1. The molecular formula is C25H29FN2O4. The largest absolute Gasteiger partial charge is 0.467 e. The summed E-state index contributed by atoms with van der Waals surface area (Å²) in [5.74, 6) is 0.292. The van der Waals surface area contributed by atoms with Crippen molar-refractivity contribution in [1.29, 1.82) is 0 Å². The summed E-state index contributed by atoms with van der Waals surface area (Å²) < 4.78 is 24.7. The quantitative estimate of drug-likeness (QED) is 0.748. The van der Waals surface area contributed by atoms with Gasteiger partial charge in [0.1, 0.15) is 17.6 Å². The number of nitrogens with zero attached hydrogens (tertiary/aromatic N) is 1. The van der Waals surface area contributed by atoms with Crippen LogP contribution in [0.1, 0.15) is 42.5 Å². The molecule has 32 heavy (non-hydrogen) atoms. The van der Waals surface area contributed by atoms with Gasteiger partial charge < -0.3 is 19.7 Å². The Morgan fingerprint density at radius 1 is 1.19 bits per heavy atom. The van der Waals surface area contributed by atoms with E-state index < -0.39 is 6.04 Å². The Hall–Kier alpha value is -2.93. The number of ether oxygens (including phenoxy) is 2. The van der Waals surface area contributed by atoms with Crippen molar-refractivity contribution in [3.63, 3.8) is 0 Å². The van der Waals surface area contributed by atoms with Crippen LogP contribution in [-0.2, 0) is 40.3 Å². The maximum absolute atomic E-state index is 14.0. The fraction of sp³-hybridized carbons (Fsp3) is 0.440. The summed E-state index contributed by atoms with van der Waals surface area (Å²) in [5, 5.41) is 2.95. The van der Waals surface area contributed by atoms with Gasteiger partial charge in [-0.05, 0) is 41.2 Å². The molecule has 0 spiro atoms. The predicted molar refractivity (Wildman–Crippen MR) is 117 cm³/mol. The van der Waals surface area contributed by atoms with Gasteiger partial charge in [0.2, 0.25) is 11.8 Å². The fourth-order valence-corrected chi connectivity index (χ4v) is 4.37. The first-order chi connectivity index (χ1) is 15.4. The maximum atomic E-state index is 14.0. The average molecular weight is 441 g/mol. The van der Waals surface area contributed by atoms with E-state index in [-0.39, 0.29) is 30.3 Å². The Labute approximate surface area is 187 Å². The van der Waals surface area contributed by atoms with Gasteiger partial charge in [-0.1, -0.05) is 38.1 Å². The number of carbonyl (C=O) groups is 2. The van der Waals surface area contributed by atoms with E-state index in [1.165, 1.54) is 12.1 Å². The third-order valence-electron chi connectivity index (χ3n) is 5.90. The Balaban J connectivity index is 1.45. The summed E-state index contributed by atoms with van der Waals surface area (Å²) in [7, 11) is 0. The van der Waals surface area contributed by atoms with Crippen LogP contribution in [-0.4, -0.2) is 36.1 Å². The molecule has 2 aromatic carbocycles. The van der Waals surface area contributed by atoms with Crippen LogP contribution < -0.4 is 10.1 Å². The first kappa shape index (κ1) is 22.3. The number of amides is 2. The van der Waals surface area contributed by atoms with E-state index in [9.17, 15) is 14.0 Å². The minimum atomic E-state index is -0.553. The molecule has 0 saturated heterocycles. The monoisotopic (exact) mass is 440 g/mol. The molecule has 6 nitrogen and oxygen atoms in total. The molecule has 2 aliphatic rings. The number of nitrogens with one attached hydrogen (secondary N) is 1. The molecule has 2 aliphatic heterocycles. The lowest BCUT2D eigenvalue weighted by Gasteiger charge is -2.36. The van der Waals surface area contributed by atoms with Gasteiger partial charge in [-0.2, -0.15) is 0 Å². The summed E-state index contributed by atoms with van der Waals surface area (Å²) in [6, 6.07) is 10.2. The lowest BCUT2D eigenvalue weighted by atomic mass is 9.92. The zero-order chi connectivity index (χ0) is 22.7. The highest BCUT2D eigenvalue weighted by Crippen LogP contribution is 2.30. The van der Waals surface area contributed by atoms with E-state index in [2.05, 4.69) is 5.32 Å². The van der Waals surface area contributed by atoms with Crippen molar-refractivity contribution >= 4 is 11.8 Å². The van der Waals surface area contributed by atoms with Crippen LogP contribution in [0.5, 0.6) is 5.75 Å². The molecule has 1 unspecified atom stereocenters. The first-order valence-electron chi connectivity index (χ1n) is 11.1. The smallest absolute Gasteiger partial charge is 0.243 e. The predicted octanol–water partition coefficient (Wildman–Crippen LogP) is 3.35. The highest BCUT2D eigenvalue weighted by molar-refractivity contribution is 5.88. The SMILES string of the molecule is CC(C)CC(=O)N1Cc2ccccc2CC1C(=O)NCCc1cc(F)cc2c1OCOC2. The van der Waals surface area contributed by atoms with Crippen LogP contribution >= 0.6 is 0 Å². The number of rotatable bonds is 6. The number of fused-ring (bicyclic) bond motifs is 2. The Morgan fingerprint density at radius 2 is 1.97 bits per heavy atom. The first-order valence-corrected chi connectivity index (χ1v) is 11.1. The van der Waals surface area contributed by atoms with Crippen molar-refractivity contribution < 1.29 is 23.5 Å². The third kappa shape index (κ3) is 4.93. The van der Waals surface area contributed by atoms with E-state index >= 15 is 0 Å². The van der Waals surface area contributed by atoms with Gasteiger partial charge in [0.25, 0.3) is 0 Å². The van der Waals surface area contributed by atoms with Crippen LogP contribution in [0.25, 0.3) is 0 Å². The molecule has 0 saturated carbocycles. The Morgan fingerprint density at radius 3 is 2.75 bits per heavy atom. The lowest BCUT2D eigenvalue weighted by molar-refractivity contribution is -0.142. The van der Waals surface area contributed by atoms with Crippen molar-refractivity contribution in [2.24, 2.45) is 5.92 Å². The molecule has 1 atom stereocenters. The van der Waals surface area contributed by atoms with Gasteiger partial charge in [-0.25, -0.2) is 4.39 Å². The van der Waals surface area contributed by atoms with Crippen molar-refractivity contribution in [3.05, 3.63) is 64.5 Å². The standard InChI is InChI=1S/C25H29FN2O4/c1-16(2)9-23(29)28-13-19-6-4-3-5-17(19)12-22(28)25(30)27-8-7-18-10-21(26)11-20-14-31-15-32-24(18)20/h3-6,10-11,16,22H,7-9,12-15H2,1-2H3,(H,27,30). The Kier molecular flexibility index (Phi) is 6.74. The maximum Gasteiger partial charge on any atom is 0.243 e. The topological polar surface area (TPSA) is 67.9 Å². The second kappa shape index (κ2) is 9.69. The van der Waals surface area contributed by atoms with E-state index in [0.29, 0.717) is 55.8 Å². The lowest BCUT2D eigenvalue weighted by Crippen LogP contribution is -2.53. The number of carbonyl (C=O) groups excluding carboxylic acids is 2. The molecule has 7 heteroatoms. The molecule has 2 amide bonds. The number of hydrogen-bond acceptors (Lipinski definition) is 4. The summed E-state index contributed by atoms with van der Waals surface area (Å²) in [5.41, 5.74) is 3.55. The van der Waals surface area contributed by atoms with E-state index in [0.717, 1.165) is 11.1 Å². The van der Waals surface area contributed by atoms with Crippen molar-refractivity contribution in [2.45, 2.75) is 52.3 Å². The van der Waals surface area contributed by atoms with Crippen LogP contribution in [0, 0.1) is 11.7 Å². The van der Waals surface area contributed by atoms with Crippen molar-refractivity contribution in [1.82, 2.24) is 10.2 Å². The Bertz CT molecular complexity index is 1010. The molecule has 0 aliphatic carbocycles. The van der Waals surface area contributed by atoms with E-state index in [1.807, 2.05) is 38.1 Å². The molecule has 4 rings (SSSR count). The summed E-state index contributed by atoms with van der Waals surface area (Å²) >= 11 is 0. The average Bonchev–Trinajstić information content (AvgIpc) is 2.77. The van der Waals surface area contributed by atoms with E-state index in [1.54, 1.807) is 4.90 Å². The molecule has 0 radical (unpaired) electrons. The number of halogens is 1. The minimum absolute atomic E-state index is 0.0118. The molecule has 0 fully saturated rings. The minimum Gasteiger partial charge on any atom is -0.467 e. The highest BCUT2D eigenvalue weighted by Gasteiger charge is 2.34. The van der Waals surface area contributed by atoms with Crippen molar-refractivity contribution in [3.8, 4) is 5.75 Å². The molecule has 0 bridgehead atoms. The summed E-state index contributed by atoms with van der Waals surface area (Å²) in [6.07, 6.45) is 1.32. The van der Waals surface area contributed by atoms with Crippen LogP contribution in [0.3, 0.4) is 0 Å². The second-order valence-corrected chi connectivity index (χ2v) is 8.81. The molecule has 1 N–H and O–H groups in total.